The molecule has 3 N–H and O–H groups in total. The van der Waals surface area contributed by atoms with Crippen LogP contribution in [0.15, 0.2) is 29.3 Å². The minimum Gasteiger partial charge on any atom is -0.396 e. The molecule has 1 rings (SSSR count). The van der Waals surface area contributed by atoms with Gasteiger partial charge in [0.15, 0.2) is 5.96 Å². The Hall–Kier alpha value is -1.42. The number of hydrogen-bond acceptors (Lipinski definition) is 4. The third-order valence-electron chi connectivity index (χ3n) is 3.81. The van der Waals surface area contributed by atoms with E-state index in [0.717, 1.165) is 31.5 Å². The molecule has 0 heterocycles. The number of nitrogens with one attached hydrogen (secondary N) is 2. The second kappa shape index (κ2) is 13.7. The van der Waals surface area contributed by atoms with E-state index in [-0.39, 0.29) is 36.3 Å². The fraction of sp³-hybridized carbons (Fsp3) is 0.611. The van der Waals surface area contributed by atoms with E-state index in [1.54, 1.807) is 12.1 Å². The molecular weight excluding hydrogens is 447 g/mol. The molecule has 0 amide bonds. The predicted molar refractivity (Wildman–Crippen MR) is 116 cm³/mol. The highest BCUT2D eigenvalue weighted by Gasteiger charge is 2.11. The number of guanidine groups is 1. The molecule has 0 aromatic heterocycles. The molecular formula is C18H31IN4O3. The number of non-ortho nitro benzene ring substituents is 1. The van der Waals surface area contributed by atoms with Crippen molar-refractivity contribution in [3.05, 3.63) is 39.9 Å². The molecule has 7 nitrogen and oxygen atoms in total. The molecule has 0 aliphatic carbocycles. The van der Waals surface area contributed by atoms with Crippen molar-refractivity contribution in [2.75, 3.05) is 19.7 Å². The normalized spacial score (nSPS) is 12.4. The highest BCUT2D eigenvalue weighted by atomic mass is 127. The molecule has 0 radical (unpaired) electrons. The summed E-state index contributed by atoms with van der Waals surface area (Å²) in [6.07, 6.45) is 1.82. The first-order chi connectivity index (χ1) is 12.0. The van der Waals surface area contributed by atoms with Crippen LogP contribution in [0, 0.1) is 22.0 Å². The standard InChI is InChI=1S/C18H30N4O3.HI/c1-4-19-18(21-13-16(9-10-23)11-14(2)3)20-12-15-5-7-17(8-6-15)22(24)25;/h5-8,14,16,23H,4,9-13H2,1-3H3,(H2,19,20,21);1H. The second-order valence-electron chi connectivity index (χ2n) is 6.51. The smallest absolute Gasteiger partial charge is 0.269 e. The summed E-state index contributed by atoms with van der Waals surface area (Å²) < 4.78 is 0. The Bertz CT molecular complexity index is 550. The minimum atomic E-state index is -0.408. The van der Waals surface area contributed by atoms with Gasteiger partial charge in [0.1, 0.15) is 0 Å². The maximum atomic E-state index is 10.7. The summed E-state index contributed by atoms with van der Waals surface area (Å²) in [7, 11) is 0. The zero-order valence-electron chi connectivity index (χ0n) is 15.8. The number of halogens is 1. The third kappa shape index (κ3) is 9.91. The number of nitrogens with zero attached hydrogens (tertiary/aromatic N) is 2. The van der Waals surface area contributed by atoms with Crippen LogP contribution in [-0.4, -0.2) is 35.7 Å². The average Bonchev–Trinajstić information content (AvgIpc) is 2.57. The number of aliphatic imine (C=N–C) groups is 1. The number of hydrogen-bond donors (Lipinski definition) is 3. The van der Waals surface area contributed by atoms with E-state index in [0.29, 0.717) is 24.3 Å². The summed E-state index contributed by atoms with van der Waals surface area (Å²) in [4.78, 5) is 14.8. The molecule has 0 aliphatic heterocycles. The van der Waals surface area contributed by atoms with Crippen molar-refractivity contribution in [3.63, 3.8) is 0 Å². The number of aliphatic hydroxyl groups is 1. The lowest BCUT2D eigenvalue weighted by Gasteiger charge is -2.20. The zero-order chi connectivity index (χ0) is 18.7. The lowest BCUT2D eigenvalue weighted by atomic mass is 9.94. The summed E-state index contributed by atoms with van der Waals surface area (Å²) in [6, 6.07) is 6.42. The van der Waals surface area contributed by atoms with E-state index in [1.165, 1.54) is 12.1 Å². The fourth-order valence-electron chi connectivity index (χ4n) is 2.63. The molecule has 0 saturated carbocycles. The van der Waals surface area contributed by atoms with Gasteiger partial charge in [0, 0.05) is 31.8 Å². The fourth-order valence-corrected chi connectivity index (χ4v) is 2.63. The van der Waals surface area contributed by atoms with Gasteiger partial charge in [-0.3, -0.25) is 10.1 Å². The van der Waals surface area contributed by atoms with Crippen LogP contribution in [-0.2, 0) is 6.54 Å². The topological polar surface area (TPSA) is 99.8 Å². The Morgan fingerprint density at radius 1 is 1.27 bits per heavy atom. The van der Waals surface area contributed by atoms with E-state index in [9.17, 15) is 15.2 Å². The van der Waals surface area contributed by atoms with Gasteiger partial charge < -0.3 is 15.7 Å². The SMILES string of the molecule is CCNC(=NCc1ccc([N+](=O)[O-])cc1)NCC(CCO)CC(C)C.I. The van der Waals surface area contributed by atoms with Gasteiger partial charge in [0.25, 0.3) is 5.69 Å². The highest BCUT2D eigenvalue weighted by Crippen LogP contribution is 2.14. The van der Waals surface area contributed by atoms with Crippen LogP contribution in [0.5, 0.6) is 0 Å². The Balaban J connectivity index is 0.00000625. The molecule has 0 saturated heterocycles. The molecule has 1 unspecified atom stereocenters. The van der Waals surface area contributed by atoms with Gasteiger partial charge in [-0.05, 0) is 37.2 Å². The lowest BCUT2D eigenvalue weighted by molar-refractivity contribution is -0.384. The first-order valence-corrected chi connectivity index (χ1v) is 8.82. The van der Waals surface area contributed by atoms with Crippen molar-refractivity contribution >= 4 is 35.6 Å². The summed E-state index contributed by atoms with van der Waals surface area (Å²) in [5.41, 5.74) is 0.996. The van der Waals surface area contributed by atoms with E-state index in [2.05, 4.69) is 29.5 Å². The Morgan fingerprint density at radius 2 is 1.92 bits per heavy atom. The maximum absolute atomic E-state index is 10.7. The van der Waals surface area contributed by atoms with Gasteiger partial charge in [0.2, 0.25) is 0 Å². The molecule has 1 atom stereocenters. The number of nitro groups is 1. The molecule has 26 heavy (non-hydrogen) atoms. The monoisotopic (exact) mass is 478 g/mol. The van der Waals surface area contributed by atoms with Crippen LogP contribution >= 0.6 is 24.0 Å². The largest absolute Gasteiger partial charge is 0.396 e. The molecule has 0 spiro atoms. The number of rotatable bonds is 10. The van der Waals surface area contributed by atoms with Crippen molar-refractivity contribution < 1.29 is 10.0 Å². The molecule has 8 heteroatoms. The molecule has 1 aromatic rings. The maximum Gasteiger partial charge on any atom is 0.269 e. The highest BCUT2D eigenvalue weighted by molar-refractivity contribution is 14.0. The third-order valence-corrected chi connectivity index (χ3v) is 3.81. The average molecular weight is 478 g/mol. The van der Waals surface area contributed by atoms with Crippen molar-refractivity contribution in [1.29, 1.82) is 0 Å². The van der Waals surface area contributed by atoms with Crippen LogP contribution in [0.4, 0.5) is 5.69 Å². The number of benzene rings is 1. The quantitative estimate of drug-likeness (QED) is 0.158. The van der Waals surface area contributed by atoms with Gasteiger partial charge in [-0.2, -0.15) is 0 Å². The van der Waals surface area contributed by atoms with Gasteiger partial charge >= 0.3 is 0 Å². The van der Waals surface area contributed by atoms with Crippen LogP contribution in [0.2, 0.25) is 0 Å². The molecule has 1 aromatic carbocycles. The first-order valence-electron chi connectivity index (χ1n) is 8.82. The first kappa shape index (κ1) is 24.6. The Labute approximate surface area is 172 Å². The van der Waals surface area contributed by atoms with E-state index >= 15 is 0 Å². The van der Waals surface area contributed by atoms with Crippen LogP contribution < -0.4 is 10.6 Å². The van der Waals surface area contributed by atoms with Gasteiger partial charge in [-0.15, -0.1) is 24.0 Å². The Kier molecular flexibility index (Phi) is 13.0. The zero-order valence-corrected chi connectivity index (χ0v) is 18.1. The molecule has 0 bridgehead atoms. The van der Waals surface area contributed by atoms with Crippen molar-refractivity contribution in [2.45, 2.75) is 40.2 Å². The Morgan fingerprint density at radius 3 is 2.42 bits per heavy atom. The van der Waals surface area contributed by atoms with Gasteiger partial charge in [0.05, 0.1) is 11.5 Å². The van der Waals surface area contributed by atoms with Crippen LogP contribution in [0.3, 0.4) is 0 Å². The summed E-state index contributed by atoms with van der Waals surface area (Å²) in [5.74, 6) is 1.69. The van der Waals surface area contributed by atoms with E-state index < -0.39 is 4.92 Å². The number of aliphatic hydroxyl groups excluding tert-OH is 1. The minimum absolute atomic E-state index is 0. The van der Waals surface area contributed by atoms with Crippen molar-refractivity contribution in [2.24, 2.45) is 16.8 Å². The van der Waals surface area contributed by atoms with Gasteiger partial charge in [-0.1, -0.05) is 26.0 Å². The van der Waals surface area contributed by atoms with Gasteiger partial charge in [-0.25, -0.2) is 4.99 Å². The van der Waals surface area contributed by atoms with E-state index in [1.807, 2.05) is 6.92 Å². The van der Waals surface area contributed by atoms with Crippen LogP contribution in [0.25, 0.3) is 0 Å². The van der Waals surface area contributed by atoms with Crippen molar-refractivity contribution in [3.8, 4) is 0 Å². The van der Waals surface area contributed by atoms with Crippen molar-refractivity contribution in [1.82, 2.24) is 10.6 Å². The summed E-state index contributed by atoms with van der Waals surface area (Å²) in [6.45, 7) is 8.50. The summed E-state index contributed by atoms with van der Waals surface area (Å²) in [5, 5.41) is 26.4. The molecule has 0 aliphatic rings. The van der Waals surface area contributed by atoms with Crippen LogP contribution in [0.1, 0.15) is 39.2 Å². The van der Waals surface area contributed by atoms with E-state index in [4.69, 9.17) is 0 Å². The second-order valence-corrected chi connectivity index (χ2v) is 6.51. The summed E-state index contributed by atoms with van der Waals surface area (Å²) >= 11 is 0. The predicted octanol–water partition coefficient (Wildman–Crippen LogP) is 3.31. The molecule has 0 fully saturated rings. The molecule has 148 valence electrons. The lowest BCUT2D eigenvalue weighted by Crippen LogP contribution is -2.40. The number of nitro benzene ring substituents is 1.